The molecule has 3 aromatic rings. The van der Waals surface area contributed by atoms with Crippen molar-refractivity contribution in [3.8, 4) is 0 Å². The van der Waals surface area contributed by atoms with E-state index in [4.69, 9.17) is 0 Å². The van der Waals surface area contributed by atoms with E-state index in [0.29, 0.717) is 15.7 Å². The number of carbonyl (C=O) groups is 1. The second kappa shape index (κ2) is 5.38. The zero-order chi connectivity index (χ0) is 13.9. The van der Waals surface area contributed by atoms with E-state index in [1.165, 1.54) is 11.8 Å². The van der Waals surface area contributed by atoms with Gasteiger partial charge in [-0.15, -0.1) is 0 Å². The number of benzene rings is 1. The quantitative estimate of drug-likeness (QED) is 0.544. The molecule has 98 valence electrons. The van der Waals surface area contributed by atoms with Crippen LogP contribution in [0.15, 0.2) is 52.8 Å². The molecule has 0 radical (unpaired) electrons. The van der Waals surface area contributed by atoms with E-state index in [9.17, 15) is 4.79 Å². The fourth-order valence-electron chi connectivity index (χ4n) is 1.84. The number of carbonyl (C=O) groups excluding carboxylic acids is 1. The molecule has 0 N–H and O–H groups in total. The summed E-state index contributed by atoms with van der Waals surface area (Å²) >= 11 is 1.30. The molecule has 0 aliphatic carbocycles. The van der Waals surface area contributed by atoms with Gasteiger partial charge in [0.25, 0.3) is 0 Å². The molecule has 0 saturated carbocycles. The Balaban J connectivity index is 2.07. The van der Waals surface area contributed by atoms with Gasteiger partial charge in [0.2, 0.25) is 0 Å². The molecule has 0 unspecified atom stereocenters. The first kappa shape index (κ1) is 12.7. The number of aryl methyl sites for hydroxylation is 1. The Kier molecular flexibility index (Phi) is 3.43. The van der Waals surface area contributed by atoms with Crippen molar-refractivity contribution in [2.45, 2.75) is 17.1 Å². The van der Waals surface area contributed by atoms with Crippen LogP contribution in [-0.4, -0.2) is 21.2 Å². The summed E-state index contributed by atoms with van der Waals surface area (Å²) in [5, 5.41) is 2.17. The van der Waals surface area contributed by atoms with Crippen molar-refractivity contribution in [3.05, 3.63) is 53.9 Å². The fourth-order valence-corrected chi connectivity index (χ4v) is 2.69. The number of nitrogens with zero attached hydrogens (tertiary/aromatic N) is 3. The predicted molar refractivity (Wildman–Crippen MR) is 78.0 cm³/mol. The van der Waals surface area contributed by atoms with Crippen LogP contribution in [0.2, 0.25) is 0 Å². The SMILES string of the molecule is Cc1ccnc(Sc2nc3ccccc3cc2C=O)n1. The third-order valence-electron chi connectivity index (χ3n) is 2.80. The van der Waals surface area contributed by atoms with Gasteiger partial charge in [-0.3, -0.25) is 4.79 Å². The third kappa shape index (κ3) is 2.53. The van der Waals surface area contributed by atoms with Crippen LogP contribution in [0.3, 0.4) is 0 Å². The summed E-state index contributed by atoms with van der Waals surface area (Å²) in [6, 6.07) is 11.4. The topological polar surface area (TPSA) is 55.7 Å². The molecule has 4 nitrogen and oxygen atoms in total. The molecular formula is C15H11N3OS. The van der Waals surface area contributed by atoms with Crippen LogP contribution < -0.4 is 0 Å². The third-order valence-corrected chi connectivity index (χ3v) is 3.70. The second-order valence-electron chi connectivity index (χ2n) is 4.28. The molecule has 0 saturated heterocycles. The van der Waals surface area contributed by atoms with Crippen molar-refractivity contribution in [3.63, 3.8) is 0 Å². The minimum atomic E-state index is 0.554. The fraction of sp³-hybridized carbons (Fsp3) is 0.0667. The van der Waals surface area contributed by atoms with Crippen LogP contribution in [-0.2, 0) is 0 Å². The standard InChI is InChI=1S/C15H11N3OS/c1-10-6-7-16-15(17-10)20-14-12(9-19)8-11-4-2-3-5-13(11)18-14/h2-9H,1H3. The van der Waals surface area contributed by atoms with Gasteiger partial charge in [0, 0.05) is 22.8 Å². The number of aldehydes is 1. The maximum Gasteiger partial charge on any atom is 0.194 e. The molecule has 1 aromatic carbocycles. The van der Waals surface area contributed by atoms with Crippen LogP contribution in [0.4, 0.5) is 0 Å². The van der Waals surface area contributed by atoms with Crippen LogP contribution in [0, 0.1) is 6.92 Å². The van der Waals surface area contributed by atoms with Crippen molar-refractivity contribution in [2.24, 2.45) is 0 Å². The Labute approximate surface area is 120 Å². The Morgan fingerprint density at radius 2 is 2.00 bits per heavy atom. The van der Waals surface area contributed by atoms with Gasteiger partial charge in [-0.05, 0) is 36.9 Å². The lowest BCUT2D eigenvalue weighted by atomic mass is 10.2. The van der Waals surface area contributed by atoms with E-state index in [1.807, 2.05) is 43.3 Å². The number of para-hydroxylation sites is 1. The summed E-state index contributed by atoms with van der Waals surface area (Å²) in [6.07, 6.45) is 2.52. The van der Waals surface area contributed by atoms with Crippen molar-refractivity contribution in [2.75, 3.05) is 0 Å². The van der Waals surface area contributed by atoms with Crippen molar-refractivity contribution >= 4 is 29.0 Å². The molecule has 0 atom stereocenters. The van der Waals surface area contributed by atoms with Gasteiger partial charge in [0.15, 0.2) is 11.4 Å². The molecular weight excluding hydrogens is 270 g/mol. The summed E-state index contributed by atoms with van der Waals surface area (Å²) < 4.78 is 0. The highest BCUT2D eigenvalue weighted by Crippen LogP contribution is 2.28. The van der Waals surface area contributed by atoms with Crippen molar-refractivity contribution in [1.82, 2.24) is 15.0 Å². The van der Waals surface area contributed by atoms with Gasteiger partial charge >= 0.3 is 0 Å². The molecule has 0 aliphatic heterocycles. The smallest absolute Gasteiger partial charge is 0.194 e. The van der Waals surface area contributed by atoms with E-state index in [2.05, 4.69) is 15.0 Å². The summed E-state index contributed by atoms with van der Waals surface area (Å²) in [5.74, 6) is 0. The zero-order valence-corrected chi connectivity index (χ0v) is 11.6. The first-order valence-electron chi connectivity index (χ1n) is 6.09. The summed E-state index contributed by atoms with van der Waals surface area (Å²) in [7, 11) is 0. The van der Waals surface area contributed by atoms with E-state index in [-0.39, 0.29) is 0 Å². The zero-order valence-electron chi connectivity index (χ0n) is 10.8. The maximum atomic E-state index is 11.2. The van der Waals surface area contributed by atoms with Gasteiger partial charge < -0.3 is 0 Å². The van der Waals surface area contributed by atoms with Crippen LogP contribution in [0.1, 0.15) is 16.1 Å². The number of hydrogen-bond donors (Lipinski definition) is 0. The number of aromatic nitrogens is 3. The second-order valence-corrected chi connectivity index (χ2v) is 5.23. The van der Waals surface area contributed by atoms with Crippen LogP contribution in [0.25, 0.3) is 10.9 Å². The summed E-state index contributed by atoms with van der Waals surface area (Å²) in [6.45, 7) is 1.90. The molecule has 2 heterocycles. The highest BCUT2D eigenvalue weighted by atomic mass is 32.2. The monoisotopic (exact) mass is 281 g/mol. The molecule has 20 heavy (non-hydrogen) atoms. The van der Waals surface area contributed by atoms with Gasteiger partial charge in [-0.25, -0.2) is 15.0 Å². The summed E-state index contributed by atoms with van der Waals surface area (Å²) in [5.41, 5.74) is 2.29. The minimum Gasteiger partial charge on any atom is -0.298 e. The van der Waals surface area contributed by atoms with Crippen molar-refractivity contribution in [1.29, 1.82) is 0 Å². The molecule has 0 amide bonds. The minimum absolute atomic E-state index is 0.554. The lowest BCUT2D eigenvalue weighted by molar-refractivity contribution is 0.112. The number of pyridine rings is 1. The molecule has 0 spiro atoms. The Morgan fingerprint density at radius 3 is 2.80 bits per heavy atom. The average molecular weight is 281 g/mol. The predicted octanol–water partition coefficient (Wildman–Crippen LogP) is 3.30. The number of rotatable bonds is 3. The number of fused-ring (bicyclic) bond motifs is 1. The van der Waals surface area contributed by atoms with Gasteiger partial charge in [-0.1, -0.05) is 18.2 Å². The van der Waals surface area contributed by atoms with E-state index in [0.717, 1.165) is 22.9 Å². The molecule has 2 aromatic heterocycles. The first-order chi connectivity index (χ1) is 9.76. The van der Waals surface area contributed by atoms with E-state index in [1.54, 1.807) is 6.20 Å². The molecule has 5 heteroatoms. The van der Waals surface area contributed by atoms with E-state index < -0.39 is 0 Å². The molecule has 3 rings (SSSR count). The Bertz CT molecular complexity index is 789. The number of hydrogen-bond acceptors (Lipinski definition) is 5. The highest BCUT2D eigenvalue weighted by Gasteiger charge is 2.09. The van der Waals surface area contributed by atoms with Crippen LogP contribution in [0.5, 0.6) is 0 Å². The largest absolute Gasteiger partial charge is 0.298 e. The first-order valence-corrected chi connectivity index (χ1v) is 6.90. The van der Waals surface area contributed by atoms with Gasteiger partial charge in [-0.2, -0.15) is 0 Å². The Morgan fingerprint density at radius 1 is 1.15 bits per heavy atom. The van der Waals surface area contributed by atoms with Gasteiger partial charge in [0.05, 0.1) is 5.52 Å². The van der Waals surface area contributed by atoms with Crippen molar-refractivity contribution < 1.29 is 4.79 Å². The Hall–Kier alpha value is -2.27. The van der Waals surface area contributed by atoms with Gasteiger partial charge in [0.1, 0.15) is 5.03 Å². The highest BCUT2D eigenvalue weighted by molar-refractivity contribution is 7.99. The lowest BCUT2D eigenvalue weighted by Gasteiger charge is -2.05. The normalized spacial score (nSPS) is 10.7. The van der Waals surface area contributed by atoms with E-state index >= 15 is 0 Å². The lowest BCUT2D eigenvalue weighted by Crippen LogP contribution is -1.94. The average Bonchev–Trinajstić information content (AvgIpc) is 2.46. The summed E-state index contributed by atoms with van der Waals surface area (Å²) in [4.78, 5) is 24.3. The molecule has 0 aliphatic rings. The van der Waals surface area contributed by atoms with Crippen LogP contribution >= 0.6 is 11.8 Å². The molecule has 0 fully saturated rings. The maximum absolute atomic E-state index is 11.2. The molecule has 0 bridgehead atoms.